The summed E-state index contributed by atoms with van der Waals surface area (Å²) in [6.45, 7) is 1.88. The average molecular weight is 353 g/mol. The van der Waals surface area contributed by atoms with Gasteiger partial charge in [-0.05, 0) is 47.2 Å². The van der Waals surface area contributed by atoms with Gasteiger partial charge in [0.25, 0.3) is 5.56 Å². The number of aromatic amines is 1. The van der Waals surface area contributed by atoms with Gasteiger partial charge >= 0.3 is 5.69 Å². The molecule has 0 saturated carbocycles. The zero-order chi connectivity index (χ0) is 13.3. The summed E-state index contributed by atoms with van der Waals surface area (Å²) in [6.07, 6.45) is 1.26. The zero-order valence-electron chi connectivity index (χ0n) is 9.40. The van der Waals surface area contributed by atoms with E-state index in [4.69, 9.17) is 5.26 Å². The van der Waals surface area contributed by atoms with Crippen molar-refractivity contribution in [2.75, 3.05) is 0 Å². The van der Waals surface area contributed by atoms with E-state index >= 15 is 0 Å². The van der Waals surface area contributed by atoms with Crippen LogP contribution < -0.4 is 11.2 Å². The van der Waals surface area contributed by atoms with Crippen LogP contribution in [0.3, 0.4) is 0 Å². The summed E-state index contributed by atoms with van der Waals surface area (Å²) >= 11 is 2.16. The molecular formula is C12H8IN3O2. The summed E-state index contributed by atoms with van der Waals surface area (Å²) in [5.74, 6) is 0. The maximum Gasteiger partial charge on any atom is 0.332 e. The van der Waals surface area contributed by atoms with E-state index < -0.39 is 11.2 Å². The number of nitrogens with one attached hydrogen (secondary N) is 1. The van der Waals surface area contributed by atoms with Crippen molar-refractivity contribution in [3.05, 3.63) is 59.9 Å². The Labute approximate surface area is 116 Å². The first-order chi connectivity index (χ1) is 8.54. The third-order valence-electron chi connectivity index (χ3n) is 2.56. The molecule has 0 aliphatic heterocycles. The van der Waals surface area contributed by atoms with Gasteiger partial charge in [0.2, 0.25) is 0 Å². The lowest BCUT2D eigenvalue weighted by Crippen LogP contribution is -2.30. The van der Waals surface area contributed by atoms with Gasteiger partial charge in [-0.15, -0.1) is 0 Å². The minimum atomic E-state index is -0.665. The lowest BCUT2D eigenvalue weighted by atomic mass is 10.2. The molecule has 0 atom stereocenters. The lowest BCUT2D eigenvalue weighted by molar-refractivity contribution is 0.882. The molecule has 0 radical (unpaired) electrons. The third kappa shape index (κ3) is 2.09. The number of halogens is 1. The molecule has 0 aliphatic carbocycles. The van der Waals surface area contributed by atoms with Crippen LogP contribution in [0.15, 0.2) is 34.0 Å². The van der Waals surface area contributed by atoms with Crippen molar-refractivity contribution >= 4 is 22.6 Å². The fraction of sp³-hybridized carbons (Fsp3) is 0.0833. The van der Waals surface area contributed by atoms with Gasteiger partial charge in [-0.2, -0.15) is 5.26 Å². The summed E-state index contributed by atoms with van der Waals surface area (Å²) < 4.78 is 2.28. The molecule has 1 heterocycles. The van der Waals surface area contributed by atoms with Crippen molar-refractivity contribution in [2.45, 2.75) is 6.92 Å². The average Bonchev–Trinajstić information content (AvgIpc) is 2.34. The van der Waals surface area contributed by atoms with Crippen LogP contribution in [0.1, 0.15) is 11.1 Å². The fourth-order valence-electron chi connectivity index (χ4n) is 1.59. The van der Waals surface area contributed by atoms with Crippen molar-refractivity contribution < 1.29 is 0 Å². The Morgan fingerprint density at radius 1 is 1.39 bits per heavy atom. The number of rotatable bonds is 1. The van der Waals surface area contributed by atoms with E-state index in [-0.39, 0.29) is 5.56 Å². The predicted molar refractivity (Wildman–Crippen MR) is 74.8 cm³/mol. The van der Waals surface area contributed by atoms with Crippen molar-refractivity contribution in [1.29, 1.82) is 5.26 Å². The van der Waals surface area contributed by atoms with Crippen molar-refractivity contribution in [1.82, 2.24) is 9.55 Å². The Bertz CT molecular complexity index is 768. The van der Waals surface area contributed by atoms with E-state index in [2.05, 4.69) is 27.6 Å². The SMILES string of the molecule is Cc1c(I)cccc1-n1cc(C#N)c(=O)[nH]c1=O. The van der Waals surface area contributed by atoms with Crippen LogP contribution in [0.4, 0.5) is 0 Å². The second-order valence-corrected chi connectivity index (χ2v) is 4.83. The topological polar surface area (TPSA) is 78.7 Å². The minimum Gasteiger partial charge on any atom is -0.273 e. The Morgan fingerprint density at radius 3 is 2.78 bits per heavy atom. The quantitative estimate of drug-likeness (QED) is 0.786. The standard InChI is InChI=1S/C12H8IN3O2/c1-7-9(13)3-2-4-10(7)16-6-8(5-14)11(17)15-12(16)18/h2-4,6H,1H3,(H,15,17,18). The van der Waals surface area contributed by atoms with Crippen molar-refractivity contribution in [3.63, 3.8) is 0 Å². The van der Waals surface area contributed by atoms with Crippen LogP contribution in [0.25, 0.3) is 5.69 Å². The molecule has 2 aromatic rings. The highest BCUT2D eigenvalue weighted by molar-refractivity contribution is 14.1. The van der Waals surface area contributed by atoms with E-state index in [0.29, 0.717) is 5.69 Å². The maximum atomic E-state index is 11.8. The molecule has 5 nitrogen and oxygen atoms in total. The highest BCUT2D eigenvalue weighted by atomic mass is 127. The molecule has 0 spiro atoms. The molecule has 0 aliphatic rings. The summed E-state index contributed by atoms with van der Waals surface area (Å²) in [7, 11) is 0. The number of hydrogen-bond acceptors (Lipinski definition) is 3. The number of H-pyrrole nitrogens is 1. The lowest BCUT2D eigenvalue weighted by Gasteiger charge is -2.09. The first kappa shape index (κ1) is 12.6. The van der Waals surface area contributed by atoms with Gasteiger partial charge in [-0.3, -0.25) is 14.3 Å². The summed E-state index contributed by atoms with van der Waals surface area (Å²) in [6, 6.07) is 7.25. The van der Waals surface area contributed by atoms with E-state index in [1.54, 1.807) is 12.1 Å². The first-order valence-electron chi connectivity index (χ1n) is 5.06. The number of nitriles is 1. The van der Waals surface area contributed by atoms with Crippen LogP contribution in [-0.4, -0.2) is 9.55 Å². The molecule has 1 aromatic carbocycles. The maximum absolute atomic E-state index is 11.8. The Hall–Kier alpha value is -1.88. The van der Waals surface area contributed by atoms with E-state index in [0.717, 1.165) is 9.13 Å². The van der Waals surface area contributed by atoms with Crippen LogP contribution in [0.2, 0.25) is 0 Å². The number of nitrogens with zero attached hydrogens (tertiary/aromatic N) is 2. The molecule has 0 bridgehead atoms. The minimum absolute atomic E-state index is 0.0899. The van der Waals surface area contributed by atoms with Crippen LogP contribution in [0, 0.1) is 21.8 Å². The van der Waals surface area contributed by atoms with E-state index in [9.17, 15) is 9.59 Å². The monoisotopic (exact) mass is 353 g/mol. The molecule has 0 fully saturated rings. The van der Waals surface area contributed by atoms with Crippen LogP contribution >= 0.6 is 22.6 Å². The molecule has 1 aromatic heterocycles. The highest BCUT2D eigenvalue weighted by Crippen LogP contribution is 2.18. The first-order valence-corrected chi connectivity index (χ1v) is 6.14. The predicted octanol–water partition coefficient (Wildman–Crippen LogP) is 1.31. The van der Waals surface area contributed by atoms with Crippen molar-refractivity contribution in [2.24, 2.45) is 0 Å². The van der Waals surface area contributed by atoms with Gasteiger partial charge in [-0.25, -0.2) is 4.79 Å². The Balaban J connectivity index is 2.81. The number of aromatic nitrogens is 2. The van der Waals surface area contributed by atoms with Crippen LogP contribution in [-0.2, 0) is 0 Å². The van der Waals surface area contributed by atoms with Gasteiger partial charge in [0, 0.05) is 9.77 Å². The molecule has 2 rings (SSSR count). The largest absolute Gasteiger partial charge is 0.332 e. The van der Waals surface area contributed by atoms with Gasteiger partial charge in [0.15, 0.2) is 0 Å². The summed E-state index contributed by atoms with van der Waals surface area (Å²) in [4.78, 5) is 25.2. The van der Waals surface area contributed by atoms with E-state index in [1.165, 1.54) is 10.8 Å². The second-order valence-electron chi connectivity index (χ2n) is 3.67. The molecular weight excluding hydrogens is 345 g/mol. The normalized spacial score (nSPS) is 10.1. The van der Waals surface area contributed by atoms with Gasteiger partial charge in [0.05, 0.1) is 5.69 Å². The molecule has 0 unspecified atom stereocenters. The van der Waals surface area contributed by atoms with Gasteiger partial charge in [-0.1, -0.05) is 6.07 Å². The van der Waals surface area contributed by atoms with Crippen molar-refractivity contribution in [3.8, 4) is 11.8 Å². The smallest absolute Gasteiger partial charge is 0.273 e. The zero-order valence-corrected chi connectivity index (χ0v) is 11.6. The van der Waals surface area contributed by atoms with Gasteiger partial charge in [0.1, 0.15) is 11.6 Å². The Morgan fingerprint density at radius 2 is 2.11 bits per heavy atom. The third-order valence-corrected chi connectivity index (χ3v) is 3.73. The van der Waals surface area contributed by atoms with Gasteiger partial charge < -0.3 is 0 Å². The molecule has 0 amide bonds. The molecule has 18 heavy (non-hydrogen) atoms. The number of benzene rings is 1. The molecule has 6 heteroatoms. The Kier molecular flexibility index (Phi) is 3.34. The van der Waals surface area contributed by atoms with Crippen LogP contribution in [0.5, 0.6) is 0 Å². The summed E-state index contributed by atoms with van der Waals surface area (Å²) in [5, 5.41) is 8.82. The molecule has 0 saturated heterocycles. The fourth-order valence-corrected chi connectivity index (χ4v) is 2.07. The number of hydrogen-bond donors (Lipinski definition) is 1. The second kappa shape index (κ2) is 4.78. The molecule has 90 valence electrons. The summed E-state index contributed by atoms with van der Waals surface area (Å²) in [5.41, 5.74) is 0.259. The highest BCUT2D eigenvalue weighted by Gasteiger charge is 2.09. The molecule has 1 N–H and O–H groups in total. The van der Waals surface area contributed by atoms with E-state index in [1.807, 2.05) is 19.1 Å².